The molecule has 28 heavy (non-hydrogen) atoms. The second-order valence-corrected chi connectivity index (χ2v) is 7.88. The molecule has 2 saturated heterocycles. The Kier molecular flexibility index (Phi) is 5.26. The number of nitrogens with zero attached hydrogens (tertiary/aromatic N) is 2. The van der Waals surface area contributed by atoms with Crippen molar-refractivity contribution in [2.45, 2.75) is 51.5 Å². The monoisotopic (exact) mass is 382 g/mol. The molecular formula is C21H26N4O3. The largest absolute Gasteiger partial charge is 0.317 e. The Morgan fingerprint density at radius 3 is 2.68 bits per heavy atom. The Hall–Kier alpha value is -2.54. The zero-order chi connectivity index (χ0) is 19.7. The third-order valence-electron chi connectivity index (χ3n) is 5.96. The summed E-state index contributed by atoms with van der Waals surface area (Å²) in [5.74, 6) is 0.508. The first-order valence-corrected chi connectivity index (χ1v) is 10.1. The predicted molar refractivity (Wildman–Crippen MR) is 106 cm³/mol. The molecule has 0 saturated carbocycles. The van der Waals surface area contributed by atoms with E-state index >= 15 is 0 Å². The molecule has 2 aromatic rings. The van der Waals surface area contributed by atoms with Gasteiger partial charge in [0.1, 0.15) is 11.9 Å². The van der Waals surface area contributed by atoms with E-state index in [0.717, 1.165) is 37.4 Å². The van der Waals surface area contributed by atoms with E-state index in [1.165, 1.54) is 17.4 Å². The predicted octanol–water partition coefficient (Wildman–Crippen LogP) is 1.61. The van der Waals surface area contributed by atoms with E-state index in [-0.39, 0.29) is 17.9 Å². The van der Waals surface area contributed by atoms with Gasteiger partial charge < -0.3 is 5.32 Å². The highest BCUT2D eigenvalue weighted by Gasteiger charge is 2.30. The number of fused-ring (bicyclic) bond motifs is 1. The average Bonchev–Trinajstić information content (AvgIpc) is 2.69. The highest BCUT2D eigenvalue weighted by atomic mass is 16.2. The summed E-state index contributed by atoms with van der Waals surface area (Å²) in [6.45, 7) is 3.90. The molecule has 1 atom stereocenters. The topological polar surface area (TPSA) is 93.1 Å². The van der Waals surface area contributed by atoms with Gasteiger partial charge in [-0.05, 0) is 75.7 Å². The van der Waals surface area contributed by atoms with Gasteiger partial charge in [-0.25, -0.2) is 4.98 Å². The van der Waals surface area contributed by atoms with Gasteiger partial charge in [0, 0.05) is 6.42 Å². The minimum Gasteiger partial charge on any atom is -0.317 e. The van der Waals surface area contributed by atoms with Crippen LogP contribution in [0.4, 0.5) is 0 Å². The molecule has 2 aliphatic heterocycles. The maximum Gasteiger partial charge on any atom is 0.262 e. The van der Waals surface area contributed by atoms with Crippen molar-refractivity contribution >= 4 is 22.7 Å². The Morgan fingerprint density at radius 1 is 1.14 bits per heavy atom. The zero-order valence-corrected chi connectivity index (χ0v) is 16.2. The molecule has 2 N–H and O–H groups in total. The summed E-state index contributed by atoms with van der Waals surface area (Å²) in [4.78, 5) is 41.4. The van der Waals surface area contributed by atoms with Crippen LogP contribution in [0.3, 0.4) is 0 Å². The molecule has 0 bridgehead atoms. The lowest BCUT2D eigenvalue weighted by atomic mass is 9.91. The van der Waals surface area contributed by atoms with Crippen molar-refractivity contribution in [3.8, 4) is 0 Å². The molecule has 7 heteroatoms. The Labute approximate surface area is 163 Å². The summed E-state index contributed by atoms with van der Waals surface area (Å²) in [6.07, 6.45) is 5.03. The molecule has 2 fully saturated rings. The molecule has 7 nitrogen and oxygen atoms in total. The van der Waals surface area contributed by atoms with Crippen LogP contribution in [0.1, 0.15) is 49.5 Å². The van der Waals surface area contributed by atoms with Gasteiger partial charge in [0.25, 0.3) is 5.56 Å². The van der Waals surface area contributed by atoms with Crippen LogP contribution < -0.4 is 16.2 Å². The van der Waals surface area contributed by atoms with Crippen LogP contribution in [0.2, 0.25) is 0 Å². The lowest BCUT2D eigenvalue weighted by Crippen LogP contribution is -2.45. The number of carbonyl (C=O) groups is 2. The highest BCUT2D eigenvalue weighted by Crippen LogP contribution is 2.22. The van der Waals surface area contributed by atoms with Crippen LogP contribution in [0.25, 0.3) is 10.9 Å². The van der Waals surface area contributed by atoms with Gasteiger partial charge >= 0.3 is 0 Å². The van der Waals surface area contributed by atoms with Crippen molar-refractivity contribution < 1.29 is 9.59 Å². The van der Waals surface area contributed by atoms with Crippen LogP contribution in [0.15, 0.2) is 23.0 Å². The van der Waals surface area contributed by atoms with Gasteiger partial charge in [-0.2, -0.15) is 0 Å². The summed E-state index contributed by atoms with van der Waals surface area (Å²) in [5, 5.41) is 6.26. The Morgan fingerprint density at radius 2 is 1.93 bits per heavy atom. The quantitative estimate of drug-likeness (QED) is 0.784. The van der Waals surface area contributed by atoms with Crippen molar-refractivity contribution in [1.82, 2.24) is 20.2 Å². The fourth-order valence-electron chi connectivity index (χ4n) is 4.35. The molecule has 1 unspecified atom stereocenters. The summed E-state index contributed by atoms with van der Waals surface area (Å²) in [6, 6.07) is 5.19. The van der Waals surface area contributed by atoms with Crippen LogP contribution in [-0.4, -0.2) is 34.5 Å². The van der Waals surface area contributed by atoms with Crippen LogP contribution in [0, 0.1) is 12.8 Å². The van der Waals surface area contributed by atoms with Crippen molar-refractivity contribution in [2.75, 3.05) is 13.1 Å². The summed E-state index contributed by atoms with van der Waals surface area (Å²) in [5.41, 5.74) is 1.57. The number of amides is 2. The SMILES string of the molecule is Cc1nc2ccc(CCC3CCNCC3)cc2c(=O)n1C1CCC(=O)NC1=O. The fraction of sp³-hybridized carbons (Fsp3) is 0.524. The average molecular weight is 382 g/mol. The number of carbonyl (C=O) groups excluding carboxylic acids is 2. The summed E-state index contributed by atoms with van der Waals surface area (Å²) < 4.78 is 1.45. The molecule has 0 radical (unpaired) electrons. The van der Waals surface area contributed by atoms with E-state index in [4.69, 9.17) is 0 Å². The third kappa shape index (κ3) is 3.71. The lowest BCUT2D eigenvalue weighted by Gasteiger charge is -2.24. The van der Waals surface area contributed by atoms with Crippen LogP contribution in [0.5, 0.6) is 0 Å². The molecule has 2 aliphatic rings. The van der Waals surface area contributed by atoms with E-state index in [9.17, 15) is 14.4 Å². The van der Waals surface area contributed by atoms with E-state index < -0.39 is 11.9 Å². The molecular weight excluding hydrogens is 356 g/mol. The fourth-order valence-corrected chi connectivity index (χ4v) is 4.35. The Bertz CT molecular complexity index is 976. The van der Waals surface area contributed by atoms with Crippen molar-refractivity contribution in [3.63, 3.8) is 0 Å². The van der Waals surface area contributed by atoms with E-state index in [2.05, 4.69) is 15.6 Å². The van der Waals surface area contributed by atoms with Gasteiger partial charge in [0.15, 0.2) is 0 Å². The first-order chi connectivity index (χ1) is 13.5. The number of hydrogen-bond acceptors (Lipinski definition) is 5. The van der Waals surface area contributed by atoms with E-state index in [0.29, 0.717) is 23.1 Å². The Balaban J connectivity index is 1.63. The number of rotatable bonds is 4. The van der Waals surface area contributed by atoms with Crippen LogP contribution >= 0.6 is 0 Å². The van der Waals surface area contributed by atoms with Gasteiger partial charge in [-0.1, -0.05) is 6.07 Å². The molecule has 1 aromatic carbocycles. The number of benzene rings is 1. The third-order valence-corrected chi connectivity index (χ3v) is 5.96. The van der Waals surface area contributed by atoms with Crippen LogP contribution in [-0.2, 0) is 16.0 Å². The van der Waals surface area contributed by atoms with Crippen molar-refractivity contribution in [2.24, 2.45) is 5.92 Å². The normalized spacial score (nSPS) is 21.1. The van der Waals surface area contributed by atoms with Gasteiger partial charge in [0.05, 0.1) is 10.9 Å². The standard InChI is InChI=1S/C21H26N4O3/c1-13-23-17-5-4-15(3-2-14-8-10-22-11-9-14)12-16(17)21(28)25(13)18-6-7-19(26)24-20(18)27/h4-5,12,14,18,22H,2-3,6-11H2,1H3,(H,24,26,27). The van der Waals surface area contributed by atoms with Gasteiger partial charge in [-0.15, -0.1) is 0 Å². The lowest BCUT2D eigenvalue weighted by molar-refractivity contribution is -0.135. The minimum absolute atomic E-state index is 0.208. The van der Waals surface area contributed by atoms with Crippen molar-refractivity contribution in [3.05, 3.63) is 39.9 Å². The molecule has 0 spiro atoms. The molecule has 1 aromatic heterocycles. The second kappa shape index (κ2) is 7.83. The summed E-state index contributed by atoms with van der Waals surface area (Å²) in [7, 11) is 0. The maximum atomic E-state index is 13.2. The van der Waals surface area contributed by atoms with Gasteiger partial charge in [0.2, 0.25) is 11.8 Å². The first-order valence-electron chi connectivity index (χ1n) is 10.1. The number of imide groups is 1. The van der Waals surface area contributed by atoms with Crippen molar-refractivity contribution in [1.29, 1.82) is 0 Å². The number of aryl methyl sites for hydroxylation is 2. The second-order valence-electron chi connectivity index (χ2n) is 7.88. The molecule has 0 aliphatic carbocycles. The number of hydrogen-bond donors (Lipinski definition) is 2. The molecule has 4 rings (SSSR count). The van der Waals surface area contributed by atoms with Gasteiger partial charge in [-0.3, -0.25) is 24.3 Å². The first kappa shape index (κ1) is 18.8. The highest BCUT2D eigenvalue weighted by molar-refractivity contribution is 5.99. The summed E-state index contributed by atoms with van der Waals surface area (Å²) >= 11 is 0. The number of nitrogens with one attached hydrogen (secondary N) is 2. The number of piperidine rings is 2. The molecule has 2 amide bonds. The minimum atomic E-state index is -0.680. The zero-order valence-electron chi connectivity index (χ0n) is 16.2. The smallest absolute Gasteiger partial charge is 0.262 e. The number of aromatic nitrogens is 2. The molecule has 148 valence electrons. The van der Waals surface area contributed by atoms with E-state index in [1.807, 2.05) is 18.2 Å². The van der Waals surface area contributed by atoms with E-state index in [1.54, 1.807) is 6.92 Å². The maximum absolute atomic E-state index is 13.2. The molecule has 3 heterocycles.